The largest absolute Gasteiger partial charge is 0.390 e. The monoisotopic (exact) mass is 338 g/mol. The Hall–Kier alpha value is -0.590. The summed E-state index contributed by atoms with van der Waals surface area (Å²) in [5.41, 5.74) is 1.29. The molecule has 1 N–H and O–H groups in total. The number of likely N-dealkylation sites (N-methyl/N-ethyl adjacent to an activating group) is 1. The van der Waals surface area contributed by atoms with Crippen molar-refractivity contribution in [2.24, 2.45) is 0 Å². The summed E-state index contributed by atoms with van der Waals surface area (Å²) >= 11 is 1.89. The van der Waals surface area contributed by atoms with Gasteiger partial charge in [0, 0.05) is 42.9 Å². The molecule has 0 aromatic heterocycles. The second-order valence-electron chi connectivity index (χ2n) is 6.57. The molecule has 4 nitrogen and oxygen atoms in total. The van der Waals surface area contributed by atoms with Gasteiger partial charge in [0.15, 0.2) is 0 Å². The van der Waals surface area contributed by atoms with Crippen molar-refractivity contribution in [3.05, 3.63) is 29.8 Å². The fraction of sp³-hybridized carbons (Fsp3) is 0.667. The van der Waals surface area contributed by atoms with E-state index in [1.54, 1.807) is 0 Å². The van der Waals surface area contributed by atoms with E-state index in [2.05, 4.69) is 55.0 Å². The minimum atomic E-state index is -0.311. The highest BCUT2D eigenvalue weighted by atomic mass is 32.2. The Morgan fingerprint density at radius 2 is 1.87 bits per heavy atom. The number of hydrogen-bond acceptors (Lipinski definition) is 5. The Balaban J connectivity index is 1.73. The van der Waals surface area contributed by atoms with E-state index in [9.17, 15) is 5.11 Å². The molecule has 2 rings (SSSR count). The van der Waals surface area contributed by atoms with Crippen molar-refractivity contribution in [1.82, 2.24) is 9.80 Å². The van der Waals surface area contributed by atoms with Crippen LogP contribution in [0.2, 0.25) is 0 Å². The molecule has 1 aliphatic heterocycles. The summed E-state index contributed by atoms with van der Waals surface area (Å²) < 4.78 is 5.34. The van der Waals surface area contributed by atoms with Crippen molar-refractivity contribution >= 4 is 11.8 Å². The zero-order chi connectivity index (χ0) is 16.7. The average molecular weight is 339 g/mol. The molecule has 1 aromatic carbocycles. The zero-order valence-corrected chi connectivity index (χ0v) is 15.4. The molecular formula is C18H30N2O2S. The number of hydrogen-bond donors (Lipinski definition) is 1. The van der Waals surface area contributed by atoms with E-state index >= 15 is 0 Å². The molecule has 23 heavy (non-hydrogen) atoms. The summed E-state index contributed by atoms with van der Waals surface area (Å²) in [6, 6.07) is 8.77. The maximum Gasteiger partial charge on any atom is 0.0793 e. The third kappa shape index (κ3) is 7.23. The summed E-state index contributed by atoms with van der Waals surface area (Å²) in [4.78, 5) is 5.79. The first kappa shape index (κ1) is 18.7. The van der Waals surface area contributed by atoms with Crippen LogP contribution in [0.4, 0.5) is 0 Å². The van der Waals surface area contributed by atoms with E-state index in [-0.39, 0.29) is 6.10 Å². The smallest absolute Gasteiger partial charge is 0.0793 e. The molecule has 0 bridgehead atoms. The number of rotatable bonds is 8. The number of β-amino-alcohol motifs (C(OH)–C–C–N with tert-alkyl or cyclic N) is 1. The number of aliphatic hydroxyl groups is 1. The van der Waals surface area contributed by atoms with Gasteiger partial charge < -0.3 is 9.84 Å². The fourth-order valence-electron chi connectivity index (χ4n) is 2.82. The van der Waals surface area contributed by atoms with Gasteiger partial charge in [-0.2, -0.15) is 0 Å². The number of morpholine rings is 1. The highest BCUT2D eigenvalue weighted by molar-refractivity contribution is 7.99. The molecular weight excluding hydrogens is 308 g/mol. The van der Waals surface area contributed by atoms with Crippen LogP contribution in [0.3, 0.4) is 0 Å². The number of thioether (sulfide) groups is 1. The summed E-state index contributed by atoms with van der Waals surface area (Å²) in [5, 5.41) is 10.9. The van der Waals surface area contributed by atoms with Crippen molar-refractivity contribution in [3.63, 3.8) is 0 Å². The van der Waals surface area contributed by atoms with Crippen molar-refractivity contribution in [2.75, 3.05) is 46.4 Å². The van der Waals surface area contributed by atoms with Crippen LogP contribution in [0.25, 0.3) is 0 Å². The summed E-state index contributed by atoms with van der Waals surface area (Å²) in [6.45, 7) is 10.1. The predicted octanol–water partition coefficient (Wildman–Crippen LogP) is 2.31. The second kappa shape index (κ2) is 9.64. The summed E-state index contributed by atoms with van der Waals surface area (Å²) in [6.07, 6.45) is -0.311. The Bertz CT molecular complexity index is 447. The molecule has 0 amide bonds. The van der Waals surface area contributed by atoms with Gasteiger partial charge in [0.1, 0.15) is 0 Å². The standard InChI is InChI=1S/C18H30N2O2S/c1-15(2)23-18-6-4-16(5-7-18)12-19(3)13-17(21)14-20-8-10-22-11-9-20/h4-7,15,17,21H,8-14H2,1-3H3. The summed E-state index contributed by atoms with van der Waals surface area (Å²) in [7, 11) is 2.07. The average Bonchev–Trinajstić information content (AvgIpc) is 2.49. The molecule has 1 atom stereocenters. The minimum absolute atomic E-state index is 0.311. The Kier molecular flexibility index (Phi) is 7.86. The minimum Gasteiger partial charge on any atom is -0.390 e. The third-order valence-corrected chi connectivity index (χ3v) is 4.86. The predicted molar refractivity (Wildman–Crippen MR) is 97.0 cm³/mol. The van der Waals surface area contributed by atoms with Crippen LogP contribution in [0.5, 0.6) is 0 Å². The Morgan fingerprint density at radius 1 is 1.22 bits per heavy atom. The highest BCUT2D eigenvalue weighted by Gasteiger charge is 2.16. The molecule has 130 valence electrons. The second-order valence-corrected chi connectivity index (χ2v) is 8.22. The van der Waals surface area contributed by atoms with Crippen LogP contribution >= 0.6 is 11.8 Å². The van der Waals surface area contributed by atoms with E-state index in [0.29, 0.717) is 11.8 Å². The maximum absolute atomic E-state index is 10.3. The van der Waals surface area contributed by atoms with Crippen molar-refractivity contribution in [3.8, 4) is 0 Å². The van der Waals surface area contributed by atoms with Gasteiger partial charge in [-0.1, -0.05) is 26.0 Å². The van der Waals surface area contributed by atoms with Gasteiger partial charge in [-0.05, 0) is 24.7 Å². The van der Waals surface area contributed by atoms with Gasteiger partial charge in [-0.3, -0.25) is 9.80 Å². The first-order valence-electron chi connectivity index (χ1n) is 8.45. The summed E-state index contributed by atoms with van der Waals surface area (Å²) in [5.74, 6) is 0. The van der Waals surface area contributed by atoms with Crippen LogP contribution in [-0.4, -0.2) is 72.7 Å². The number of benzene rings is 1. The number of ether oxygens (including phenoxy) is 1. The van der Waals surface area contributed by atoms with Gasteiger partial charge in [-0.15, -0.1) is 11.8 Å². The van der Waals surface area contributed by atoms with Crippen molar-refractivity contribution in [1.29, 1.82) is 0 Å². The molecule has 0 aliphatic carbocycles. The Labute approximate surface area is 144 Å². The lowest BCUT2D eigenvalue weighted by Crippen LogP contribution is -2.43. The third-order valence-electron chi connectivity index (χ3n) is 3.84. The van der Waals surface area contributed by atoms with E-state index < -0.39 is 0 Å². The molecule has 0 radical (unpaired) electrons. The van der Waals surface area contributed by atoms with Crippen LogP contribution in [0.15, 0.2) is 29.2 Å². The lowest BCUT2D eigenvalue weighted by atomic mass is 10.2. The molecule has 1 heterocycles. The number of aliphatic hydroxyl groups excluding tert-OH is 1. The van der Waals surface area contributed by atoms with Crippen LogP contribution in [0, 0.1) is 0 Å². The molecule has 1 aliphatic rings. The first-order valence-corrected chi connectivity index (χ1v) is 9.33. The van der Waals surface area contributed by atoms with Gasteiger partial charge >= 0.3 is 0 Å². The van der Waals surface area contributed by atoms with E-state index in [0.717, 1.165) is 39.4 Å². The van der Waals surface area contributed by atoms with Crippen LogP contribution in [0.1, 0.15) is 19.4 Å². The van der Waals surface area contributed by atoms with E-state index in [1.807, 2.05) is 11.8 Å². The van der Waals surface area contributed by atoms with Gasteiger partial charge in [0.2, 0.25) is 0 Å². The van der Waals surface area contributed by atoms with Gasteiger partial charge in [-0.25, -0.2) is 0 Å². The number of nitrogens with zero attached hydrogens (tertiary/aromatic N) is 2. The molecule has 1 fully saturated rings. The van der Waals surface area contributed by atoms with Crippen LogP contribution < -0.4 is 0 Å². The van der Waals surface area contributed by atoms with E-state index in [1.165, 1.54) is 10.5 Å². The molecule has 1 aromatic rings. The van der Waals surface area contributed by atoms with Crippen molar-refractivity contribution < 1.29 is 9.84 Å². The lowest BCUT2D eigenvalue weighted by molar-refractivity contribution is 0.00825. The highest BCUT2D eigenvalue weighted by Crippen LogP contribution is 2.23. The van der Waals surface area contributed by atoms with Crippen LogP contribution in [-0.2, 0) is 11.3 Å². The van der Waals surface area contributed by atoms with Gasteiger partial charge in [0.05, 0.1) is 19.3 Å². The van der Waals surface area contributed by atoms with Crippen molar-refractivity contribution in [2.45, 2.75) is 36.6 Å². The quantitative estimate of drug-likeness (QED) is 0.736. The molecule has 5 heteroatoms. The van der Waals surface area contributed by atoms with Gasteiger partial charge in [0.25, 0.3) is 0 Å². The first-order chi connectivity index (χ1) is 11.0. The molecule has 0 saturated carbocycles. The molecule has 0 spiro atoms. The van der Waals surface area contributed by atoms with E-state index in [4.69, 9.17) is 4.74 Å². The maximum atomic E-state index is 10.3. The molecule has 1 unspecified atom stereocenters. The fourth-order valence-corrected chi connectivity index (χ4v) is 3.66. The normalized spacial score (nSPS) is 17.8. The Morgan fingerprint density at radius 3 is 2.48 bits per heavy atom. The zero-order valence-electron chi connectivity index (χ0n) is 14.6. The lowest BCUT2D eigenvalue weighted by Gasteiger charge is -2.30. The topological polar surface area (TPSA) is 35.9 Å². The SMILES string of the molecule is CC(C)Sc1ccc(CN(C)CC(O)CN2CCOCC2)cc1. The molecule has 1 saturated heterocycles.